The summed E-state index contributed by atoms with van der Waals surface area (Å²) in [5, 5.41) is 0. The Morgan fingerprint density at radius 1 is 1.30 bits per heavy atom. The zero-order valence-electron chi connectivity index (χ0n) is 4.86. The summed E-state index contributed by atoms with van der Waals surface area (Å²) >= 11 is 0. The summed E-state index contributed by atoms with van der Waals surface area (Å²) in [7, 11) is 0. The molecule has 0 spiro atoms. The third-order valence-electron chi connectivity index (χ3n) is 1.41. The Kier molecular flexibility index (Phi) is 2.40. The monoisotopic (exact) mass is 144 g/mol. The molecule has 0 N–H and O–H groups in total. The highest BCUT2D eigenvalue weighted by Gasteiger charge is 2.12. The predicted octanol–water partition coefficient (Wildman–Crippen LogP) is 0.0477. The number of hydrogen-bond acceptors (Lipinski definition) is 2. The van der Waals surface area contributed by atoms with Crippen molar-refractivity contribution in [3.8, 4) is 0 Å². The Labute approximate surface area is 75.6 Å². The number of allylic oxidation sites excluding steroid dienone is 2. The first-order valence-corrected chi connectivity index (χ1v) is 2.91. The fourth-order valence-electron chi connectivity index (χ4n) is 0.938. The molecule has 0 amide bonds. The Balaban J connectivity index is 0.000000500. The summed E-state index contributed by atoms with van der Waals surface area (Å²) in [4.78, 5) is 8.14. The van der Waals surface area contributed by atoms with E-state index in [2.05, 4.69) is 9.98 Å². The molecule has 0 saturated heterocycles. The van der Waals surface area contributed by atoms with Crippen LogP contribution in [0, 0.1) is 0 Å². The predicted molar refractivity (Wildman–Crippen MR) is 46.5 cm³/mol. The van der Waals surface area contributed by atoms with Crippen molar-refractivity contribution in [2.45, 2.75) is 6.04 Å². The van der Waals surface area contributed by atoms with Crippen LogP contribution in [0.3, 0.4) is 0 Å². The van der Waals surface area contributed by atoms with Gasteiger partial charge in [-0.15, -0.1) is 0 Å². The van der Waals surface area contributed by atoms with Crippen molar-refractivity contribution in [1.82, 2.24) is 0 Å². The Bertz CT molecular complexity index is 238. The first-order chi connectivity index (χ1) is 4.47. The summed E-state index contributed by atoms with van der Waals surface area (Å²) in [5.74, 6) is 0. The molecule has 1 unspecified atom stereocenters. The smallest absolute Gasteiger partial charge is 0.260 e. The molecule has 2 nitrogen and oxygen atoms in total. The van der Waals surface area contributed by atoms with Crippen LogP contribution in [0.2, 0.25) is 0 Å². The molecule has 1 aliphatic heterocycles. The van der Waals surface area contributed by atoms with E-state index in [1.807, 2.05) is 24.3 Å². The van der Waals surface area contributed by atoms with Crippen molar-refractivity contribution in [1.29, 1.82) is 0 Å². The Morgan fingerprint density at radius 3 is 3.00 bits per heavy atom. The summed E-state index contributed by atoms with van der Waals surface area (Å²) in [6.45, 7) is 0. The van der Waals surface area contributed by atoms with Crippen molar-refractivity contribution >= 4 is 35.1 Å². The van der Waals surface area contributed by atoms with E-state index >= 15 is 0 Å². The Morgan fingerprint density at radius 2 is 2.20 bits per heavy atom. The average Bonchev–Trinajstić information content (AvgIpc) is 2.33. The highest BCUT2D eigenvalue weighted by molar-refractivity contribution is 6.08. The van der Waals surface area contributed by atoms with Crippen LogP contribution in [-0.4, -0.2) is 41.1 Å². The van der Waals surface area contributed by atoms with Gasteiger partial charge in [-0.3, -0.25) is 4.99 Å². The minimum atomic E-state index is 0. The normalized spacial score (nSPS) is 25.6. The van der Waals surface area contributed by atoms with Crippen LogP contribution in [0.4, 0.5) is 0 Å². The van der Waals surface area contributed by atoms with Gasteiger partial charge in [-0.2, -0.15) is 0 Å². The van der Waals surface area contributed by atoms with Gasteiger partial charge >= 0.3 is 23.1 Å². The molecule has 1 atom stereocenters. The minimum Gasteiger partial charge on any atom is -0.260 e. The minimum absolute atomic E-state index is 0. The van der Waals surface area contributed by atoms with Crippen molar-refractivity contribution in [3.63, 3.8) is 0 Å². The molecule has 2 rings (SSSR count). The summed E-state index contributed by atoms with van der Waals surface area (Å²) in [5.41, 5.74) is 1.05. The second kappa shape index (κ2) is 3.12. The van der Waals surface area contributed by atoms with Gasteiger partial charge in [0.25, 0.3) is 0 Å². The lowest BCUT2D eigenvalue weighted by Gasteiger charge is -2.02. The van der Waals surface area contributed by atoms with E-state index in [0.29, 0.717) is 0 Å². The second-order valence-corrected chi connectivity index (χ2v) is 2.01. The van der Waals surface area contributed by atoms with E-state index in [-0.39, 0.29) is 29.1 Å². The van der Waals surface area contributed by atoms with Crippen molar-refractivity contribution < 1.29 is 0 Å². The number of hydrogen-bond donors (Lipinski definition) is 0. The van der Waals surface area contributed by atoms with Gasteiger partial charge in [0.15, 0.2) is 0 Å². The third kappa shape index (κ3) is 1.20. The quantitative estimate of drug-likeness (QED) is 0.429. The SMILES string of the molecule is C1=CC2=NC=NC2C=C1.[MgH2]. The lowest BCUT2D eigenvalue weighted by atomic mass is 10.1. The Hall–Kier alpha value is -0.414. The van der Waals surface area contributed by atoms with Gasteiger partial charge in [0.05, 0.1) is 5.71 Å². The van der Waals surface area contributed by atoms with E-state index in [1.165, 1.54) is 0 Å². The molecule has 0 aromatic rings. The van der Waals surface area contributed by atoms with Crippen molar-refractivity contribution in [2.24, 2.45) is 9.98 Å². The lowest BCUT2D eigenvalue weighted by Crippen LogP contribution is -2.11. The molecule has 0 aromatic heterocycles. The van der Waals surface area contributed by atoms with E-state index < -0.39 is 0 Å². The van der Waals surface area contributed by atoms with E-state index in [4.69, 9.17) is 0 Å². The summed E-state index contributed by atoms with van der Waals surface area (Å²) in [6.07, 6.45) is 9.59. The molecule has 1 heterocycles. The highest BCUT2D eigenvalue weighted by atomic mass is 24.3. The fraction of sp³-hybridized carbons (Fsp3) is 0.143. The standard InChI is InChI=1S/C7H6N2.Mg.2H/c1-2-4-7-6(3-1)8-5-9-7;;;/h1-6H;;;. The van der Waals surface area contributed by atoms with Crippen LogP contribution < -0.4 is 0 Å². The maximum absolute atomic E-state index is 4.09. The van der Waals surface area contributed by atoms with Gasteiger partial charge in [-0.1, -0.05) is 18.2 Å². The molecule has 2 aliphatic rings. The van der Waals surface area contributed by atoms with E-state index in [0.717, 1.165) is 5.71 Å². The molecule has 3 heteroatoms. The largest absolute Gasteiger partial charge is 0.316 e. The third-order valence-corrected chi connectivity index (χ3v) is 1.41. The second-order valence-electron chi connectivity index (χ2n) is 2.01. The van der Waals surface area contributed by atoms with Crippen molar-refractivity contribution in [3.05, 3.63) is 24.3 Å². The molecule has 10 heavy (non-hydrogen) atoms. The van der Waals surface area contributed by atoms with Crippen LogP contribution in [0.5, 0.6) is 0 Å². The number of aliphatic imine (C=N–C) groups is 2. The van der Waals surface area contributed by atoms with Gasteiger partial charge in [0, 0.05) is 0 Å². The summed E-state index contributed by atoms with van der Waals surface area (Å²) in [6, 6.07) is 0.218. The number of nitrogens with zero attached hydrogens (tertiary/aromatic N) is 2. The molecular formula is C7H8MgN2. The molecule has 0 radical (unpaired) electrons. The summed E-state index contributed by atoms with van der Waals surface area (Å²) < 4.78 is 0. The van der Waals surface area contributed by atoms with Crippen LogP contribution >= 0.6 is 0 Å². The molecule has 0 saturated carbocycles. The zero-order chi connectivity index (χ0) is 6.10. The topological polar surface area (TPSA) is 24.7 Å². The maximum Gasteiger partial charge on any atom is 0.316 e. The molecule has 0 aromatic carbocycles. The number of rotatable bonds is 0. The molecule has 1 aliphatic carbocycles. The first kappa shape index (κ1) is 7.69. The van der Waals surface area contributed by atoms with Crippen LogP contribution in [-0.2, 0) is 0 Å². The molecule has 0 fully saturated rings. The van der Waals surface area contributed by atoms with Gasteiger partial charge in [-0.25, -0.2) is 4.99 Å². The molecular weight excluding hydrogens is 136 g/mol. The lowest BCUT2D eigenvalue weighted by molar-refractivity contribution is 1.11. The molecule has 48 valence electrons. The van der Waals surface area contributed by atoms with E-state index in [1.54, 1.807) is 6.34 Å². The van der Waals surface area contributed by atoms with Crippen molar-refractivity contribution in [2.75, 3.05) is 0 Å². The first-order valence-electron chi connectivity index (χ1n) is 2.91. The molecule has 0 bridgehead atoms. The highest BCUT2D eigenvalue weighted by Crippen LogP contribution is 2.08. The fourth-order valence-corrected chi connectivity index (χ4v) is 0.938. The van der Waals surface area contributed by atoms with E-state index in [9.17, 15) is 0 Å². The van der Waals surface area contributed by atoms with Crippen LogP contribution in [0.25, 0.3) is 0 Å². The van der Waals surface area contributed by atoms with Crippen LogP contribution in [0.15, 0.2) is 34.3 Å². The number of fused-ring (bicyclic) bond motifs is 1. The van der Waals surface area contributed by atoms with Gasteiger partial charge < -0.3 is 0 Å². The maximum atomic E-state index is 4.09. The van der Waals surface area contributed by atoms with Gasteiger partial charge in [0.2, 0.25) is 0 Å². The van der Waals surface area contributed by atoms with Crippen LogP contribution in [0.1, 0.15) is 0 Å². The van der Waals surface area contributed by atoms with Gasteiger partial charge in [0.1, 0.15) is 12.4 Å². The zero-order valence-corrected chi connectivity index (χ0v) is 4.86. The average molecular weight is 144 g/mol. The van der Waals surface area contributed by atoms with Gasteiger partial charge in [-0.05, 0) is 6.08 Å².